The number of ether oxygens (including phenoxy) is 1. The highest BCUT2D eigenvalue weighted by Crippen LogP contribution is 2.57. The van der Waals surface area contributed by atoms with Gasteiger partial charge in [-0.2, -0.15) is 0 Å². The van der Waals surface area contributed by atoms with Crippen LogP contribution in [0.4, 0.5) is 0 Å². The molecule has 31 heavy (non-hydrogen) atoms. The summed E-state index contributed by atoms with van der Waals surface area (Å²) in [6, 6.07) is 0. The molecule has 1 N–H and O–H groups in total. The van der Waals surface area contributed by atoms with Crippen LogP contribution in [0.2, 0.25) is 0 Å². The molecule has 2 aromatic heterocycles. The second-order valence-corrected chi connectivity index (χ2v) is 11.4. The maximum absolute atomic E-state index is 13.0. The number of aromatic nitrogens is 2. The van der Waals surface area contributed by atoms with Gasteiger partial charge in [0.2, 0.25) is 0 Å². The lowest BCUT2D eigenvalue weighted by Crippen LogP contribution is -2.52. The highest BCUT2D eigenvalue weighted by Gasteiger charge is 2.51. The number of aryl methyl sites for hydroxylation is 2. The molecule has 0 saturated heterocycles. The average molecular weight is 442 g/mol. The zero-order valence-corrected chi connectivity index (χ0v) is 19.1. The quantitative estimate of drug-likeness (QED) is 0.716. The van der Waals surface area contributed by atoms with E-state index in [9.17, 15) is 9.59 Å². The molecule has 4 fully saturated rings. The van der Waals surface area contributed by atoms with Crippen molar-refractivity contribution in [3.8, 4) is 0 Å². The number of hydrogen-bond acceptors (Lipinski definition) is 5. The third-order valence-corrected chi connectivity index (χ3v) is 9.33. The van der Waals surface area contributed by atoms with Crippen molar-refractivity contribution in [3.63, 3.8) is 0 Å². The number of rotatable bonds is 5. The topological polar surface area (TPSA) is 73.2 Å². The largest absolute Gasteiger partial charge is 0.373 e. The van der Waals surface area contributed by atoms with Crippen molar-refractivity contribution in [2.75, 3.05) is 13.2 Å². The van der Waals surface area contributed by atoms with Crippen LogP contribution < -0.4 is 10.9 Å². The van der Waals surface area contributed by atoms with E-state index in [4.69, 9.17) is 9.72 Å². The first-order valence-electron chi connectivity index (χ1n) is 12.0. The number of carbonyl (C=O) groups excluding carboxylic acids is 1. The molecule has 166 valence electrons. The Bertz CT molecular complexity index is 1070. The van der Waals surface area contributed by atoms with Crippen LogP contribution in [0, 0.1) is 24.7 Å². The number of nitrogens with one attached hydrogen (secondary N) is 1. The van der Waals surface area contributed by atoms with Gasteiger partial charge in [-0.15, -0.1) is 11.3 Å². The Morgan fingerprint density at radius 3 is 2.61 bits per heavy atom. The third kappa shape index (κ3) is 3.35. The standard InChI is InChI=1S/C24H31N3O3S/c1-14-19-22(26-18-4-2-3-6-27(18)23(19)29)31-20(14)21(28)25-5-7-30-24-11-15-8-16(12-24)10-17(9-15)13-24/h15-17H,2-13H2,1H3,(H,25,28). The number of hydrogen-bond donors (Lipinski definition) is 1. The molecule has 5 aliphatic rings. The van der Waals surface area contributed by atoms with Gasteiger partial charge in [0.1, 0.15) is 10.7 Å². The summed E-state index contributed by atoms with van der Waals surface area (Å²) in [5, 5.41) is 3.65. The fourth-order valence-corrected chi connectivity index (χ4v) is 8.28. The van der Waals surface area contributed by atoms with E-state index in [-0.39, 0.29) is 17.1 Å². The molecule has 1 amide bonds. The van der Waals surface area contributed by atoms with Crippen molar-refractivity contribution in [2.45, 2.75) is 76.9 Å². The van der Waals surface area contributed by atoms with Crippen LogP contribution in [0.15, 0.2) is 4.79 Å². The molecule has 0 atom stereocenters. The minimum atomic E-state index is -0.114. The molecule has 3 heterocycles. The number of carbonyl (C=O) groups is 1. The average Bonchev–Trinajstić information content (AvgIpc) is 3.07. The molecular formula is C24H31N3O3S. The number of fused-ring (bicyclic) bond motifs is 2. The minimum Gasteiger partial charge on any atom is -0.373 e. The number of nitrogens with zero attached hydrogens (tertiary/aromatic N) is 2. The summed E-state index contributed by atoms with van der Waals surface area (Å²) in [5.74, 6) is 3.33. The Labute approximate surface area is 186 Å². The van der Waals surface area contributed by atoms with E-state index >= 15 is 0 Å². The highest BCUT2D eigenvalue weighted by atomic mass is 32.1. The summed E-state index contributed by atoms with van der Waals surface area (Å²) in [7, 11) is 0. The van der Waals surface area contributed by atoms with Crippen molar-refractivity contribution >= 4 is 27.5 Å². The van der Waals surface area contributed by atoms with E-state index in [2.05, 4.69) is 5.32 Å². The maximum Gasteiger partial charge on any atom is 0.262 e. The van der Waals surface area contributed by atoms with E-state index in [1.807, 2.05) is 6.92 Å². The van der Waals surface area contributed by atoms with Crippen LogP contribution >= 0.6 is 11.3 Å². The summed E-state index contributed by atoms with van der Waals surface area (Å²) in [5.41, 5.74) is 0.848. The molecule has 7 rings (SSSR count). The van der Waals surface area contributed by atoms with Crippen LogP contribution in [0.5, 0.6) is 0 Å². The molecule has 7 heteroatoms. The van der Waals surface area contributed by atoms with Gasteiger partial charge < -0.3 is 10.1 Å². The Balaban J connectivity index is 1.13. The molecule has 4 saturated carbocycles. The minimum absolute atomic E-state index is 0.0117. The van der Waals surface area contributed by atoms with Gasteiger partial charge >= 0.3 is 0 Å². The lowest BCUT2D eigenvalue weighted by atomic mass is 9.54. The van der Waals surface area contributed by atoms with Gasteiger partial charge in [0.05, 0.1) is 22.5 Å². The first kappa shape index (κ1) is 19.9. The molecule has 0 radical (unpaired) electrons. The molecule has 0 unspecified atom stereocenters. The van der Waals surface area contributed by atoms with Crippen molar-refractivity contribution in [3.05, 3.63) is 26.6 Å². The molecule has 4 aliphatic carbocycles. The Kier molecular flexibility index (Phi) is 4.76. The predicted octanol–water partition coefficient (Wildman–Crippen LogP) is 3.82. The molecule has 0 aromatic carbocycles. The molecular weight excluding hydrogens is 410 g/mol. The molecule has 0 spiro atoms. The van der Waals surface area contributed by atoms with E-state index in [0.717, 1.165) is 54.9 Å². The first-order chi connectivity index (χ1) is 15.0. The summed E-state index contributed by atoms with van der Waals surface area (Å²) >= 11 is 1.35. The SMILES string of the molecule is Cc1c(C(=O)NCCOC23CC4CC(CC(C4)C2)C3)sc2nc3n(c(=O)c12)CCCC3. The highest BCUT2D eigenvalue weighted by molar-refractivity contribution is 7.20. The molecule has 6 nitrogen and oxygen atoms in total. The zero-order chi connectivity index (χ0) is 21.2. The maximum atomic E-state index is 13.0. The predicted molar refractivity (Wildman–Crippen MR) is 121 cm³/mol. The van der Waals surface area contributed by atoms with Crippen LogP contribution in [-0.2, 0) is 17.7 Å². The fraction of sp³-hybridized carbons (Fsp3) is 0.708. The Hall–Kier alpha value is -1.73. The van der Waals surface area contributed by atoms with E-state index in [0.29, 0.717) is 28.2 Å². The smallest absolute Gasteiger partial charge is 0.262 e. The molecule has 4 bridgehead atoms. The normalized spacial score (nSPS) is 31.2. The summed E-state index contributed by atoms with van der Waals surface area (Å²) in [6.07, 6.45) is 10.8. The van der Waals surface area contributed by atoms with Gasteiger partial charge in [0.25, 0.3) is 11.5 Å². The lowest BCUT2D eigenvalue weighted by molar-refractivity contribution is -0.160. The summed E-state index contributed by atoms with van der Waals surface area (Å²) in [6.45, 7) is 3.68. The van der Waals surface area contributed by atoms with E-state index < -0.39 is 0 Å². The van der Waals surface area contributed by atoms with E-state index in [1.54, 1.807) is 4.57 Å². The van der Waals surface area contributed by atoms with Crippen LogP contribution in [0.3, 0.4) is 0 Å². The monoisotopic (exact) mass is 441 g/mol. The Morgan fingerprint density at radius 1 is 1.19 bits per heavy atom. The van der Waals surface area contributed by atoms with Gasteiger partial charge in [-0.1, -0.05) is 0 Å². The van der Waals surface area contributed by atoms with Gasteiger partial charge in [0, 0.05) is 19.5 Å². The number of thiophene rings is 1. The van der Waals surface area contributed by atoms with Crippen molar-refractivity contribution in [1.82, 2.24) is 14.9 Å². The summed E-state index contributed by atoms with van der Waals surface area (Å²) < 4.78 is 8.23. The molecule has 1 aliphatic heterocycles. The third-order valence-electron chi connectivity index (χ3n) is 8.15. The molecule has 2 aromatic rings. The first-order valence-corrected chi connectivity index (χ1v) is 12.8. The van der Waals surface area contributed by atoms with Gasteiger partial charge in [-0.25, -0.2) is 4.98 Å². The lowest BCUT2D eigenvalue weighted by Gasteiger charge is -2.56. The zero-order valence-electron chi connectivity index (χ0n) is 18.2. The van der Waals surface area contributed by atoms with Crippen molar-refractivity contribution < 1.29 is 9.53 Å². The second-order valence-electron chi connectivity index (χ2n) is 10.4. The second kappa shape index (κ2) is 7.41. The van der Waals surface area contributed by atoms with Crippen LogP contribution in [0.25, 0.3) is 10.2 Å². The van der Waals surface area contributed by atoms with Crippen molar-refractivity contribution in [2.24, 2.45) is 17.8 Å². The fourth-order valence-electron chi connectivity index (χ4n) is 7.17. The van der Waals surface area contributed by atoms with Gasteiger partial charge in [-0.05, 0) is 81.6 Å². The Morgan fingerprint density at radius 2 is 1.90 bits per heavy atom. The van der Waals surface area contributed by atoms with Crippen molar-refractivity contribution in [1.29, 1.82) is 0 Å². The summed E-state index contributed by atoms with van der Waals surface area (Å²) in [4.78, 5) is 31.9. The van der Waals surface area contributed by atoms with Gasteiger partial charge in [-0.3, -0.25) is 14.2 Å². The van der Waals surface area contributed by atoms with Crippen LogP contribution in [-0.4, -0.2) is 34.2 Å². The van der Waals surface area contributed by atoms with E-state index in [1.165, 1.54) is 49.9 Å². The van der Waals surface area contributed by atoms with Gasteiger partial charge in [0.15, 0.2) is 0 Å². The van der Waals surface area contributed by atoms with Crippen LogP contribution in [0.1, 0.15) is 72.4 Å². The number of amides is 1.